The van der Waals surface area contributed by atoms with Crippen LogP contribution in [0.2, 0.25) is 0 Å². The van der Waals surface area contributed by atoms with Crippen LogP contribution in [-0.4, -0.2) is 89.1 Å². The van der Waals surface area contributed by atoms with Crippen molar-refractivity contribution in [1.82, 2.24) is 24.4 Å². The number of amides is 1. The second-order valence-electron chi connectivity index (χ2n) is 11.5. The predicted octanol–water partition coefficient (Wildman–Crippen LogP) is 4.25. The third-order valence-corrected chi connectivity index (χ3v) is 8.43. The van der Waals surface area contributed by atoms with E-state index in [1.807, 2.05) is 38.3 Å². The molecule has 0 radical (unpaired) electrons. The van der Waals surface area contributed by atoms with Crippen LogP contribution in [0.4, 0.5) is 10.6 Å². The lowest BCUT2D eigenvalue weighted by Gasteiger charge is -2.35. The fourth-order valence-corrected chi connectivity index (χ4v) is 6.47. The highest BCUT2D eigenvalue weighted by Crippen LogP contribution is 2.44. The van der Waals surface area contributed by atoms with Crippen molar-refractivity contribution in [3.05, 3.63) is 41.3 Å². The zero-order valence-corrected chi connectivity index (χ0v) is 26.2. The lowest BCUT2D eigenvalue weighted by molar-refractivity contribution is -0.146. The Balaban J connectivity index is 1.55. The summed E-state index contributed by atoms with van der Waals surface area (Å²) in [6.45, 7) is 10.4. The Morgan fingerprint density at radius 3 is 2.51 bits per heavy atom. The molecule has 3 aromatic heterocycles. The minimum atomic E-state index is -0.552. The van der Waals surface area contributed by atoms with Crippen molar-refractivity contribution in [3.63, 3.8) is 0 Å². The monoisotopic (exact) mass is 610 g/mol. The maximum Gasteiger partial charge on any atom is 0.410 e. The van der Waals surface area contributed by atoms with E-state index < -0.39 is 11.6 Å². The van der Waals surface area contributed by atoms with Crippen LogP contribution in [0.5, 0.6) is 5.75 Å². The highest BCUT2D eigenvalue weighted by atomic mass is 32.1. The number of anilines is 1. The number of carbonyl (C=O) groups excluding carboxylic acids is 2. The summed E-state index contributed by atoms with van der Waals surface area (Å²) >= 11 is 1.59. The number of methoxy groups -OCH3 is 2. The number of hydrogen-bond donors (Lipinski definition) is 1. The molecule has 5 rings (SSSR count). The maximum atomic E-state index is 12.6. The summed E-state index contributed by atoms with van der Waals surface area (Å²) in [7, 11) is 2.99. The number of aryl methyl sites for hydroxylation is 1. The molecular weight excluding hydrogens is 572 g/mol. The normalized spacial score (nSPS) is 14.4. The number of rotatable bonds is 8. The molecule has 1 saturated heterocycles. The van der Waals surface area contributed by atoms with Crippen molar-refractivity contribution in [1.29, 1.82) is 0 Å². The van der Waals surface area contributed by atoms with E-state index in [2.05, 4.69) is 27.1 Å². The molecular formula is C30H38N6O6S. The lowest BCUT2D eigenvalue weighted by Crippen LogP contribution is -2.49. The Hall–Kier alpha value is -3.94. The lowest BCUT2D eigenvalue weighted by atomic mass is 10.1. The molecule has 4 aromatic rings. The van der Waals surface area contributed by atoms with E-state index in [0.717, 1.165) is 43.1 Å². The number of aromatic nitrogens is 3. The van der Waals surface area contributed by atoms with Crippen LogP contribution in [0.3, 0.4) is 0 Å². The SMILES string of the molecule is COC(=O)COCc1c(-c2cc3cc(C)cc(OC)c3s2)c2c(N)ncnn2c1CN1CCN(C(=O)OC(C)(C)C)CC1. The molecule has 1 aliphatic heterocycles. The van der Waals surface area contributed by atoms with E-state index in [-0.39, 0.29) is 19.3 Å². The third kappa shape index (κ3) is 6.53. The highest BCUT2D eigenvalue weighted by molar-refractivity contribution is 7.22. The summed E-state index contributed by atoms with van der Waals surface area (Å²) in [6.07, 6.45) is 1.13. The van der Waals surface area contributed by atoms with Gasteiger partial charge in [0.2, 0.25) is 0 Å². The first-order valence-corrected chi connectivity index (χ1v) is 14.9. The first-order chi connectivity index (χ1) is 20.5. The summed E-state index contributed by atoms with van der Waals surface area (Å²) in [6, 6.07) is 6.25. The number of nitrogens with zero attached hydrogens (tertiary/aromatic N) is 5. The van der Waals surface area contributed by atoms with Crippen LogP contribution in [0.25, 0.3) is 26.0 Å². The Labute approximate surface area is 254 Å². The van der Waals surface area contributed by atoms with Crippen LogP contribution < -0.4 is 10.5 Å². The number of carbonyl (C=O) groups is 2. The molecule has 43 heavy (non-hydrogen) atoms. The summed E-state index contributed by atoms with van der Waals surface area (Å²) in [4.78, 5) is 33.8. The van der Waals surface area contributed by atoms with Crippen molar-refractivity contribution in [2.75, 3.05) is 52.7 Å². The topological polar surface area (TPSA) is 134 Å². The first-order valence-electron chi connectivity index (χ1n) is 14.1. The highest BCUT2D eigenvalue weighted by Gasteiger charge is 2.29. The van der Waals surface area contributed by atoms with E-state index in [4.69, 9.17) is 24.7 Å². The number of fused-ring (bicyclic) bond motifs is 2. The van der Waals surface area contributed by atoms with Gasteiger partial charge in [-0.15, -0.1) is 11.3 Å². The van der Waals surface area contributed by atoms with Crippen molar-refractivity contribution >= 4 is 44.8 Å². The zero-order valence-electron chi connectivity index (χ0n) is 25.4. The molecule has 2 N–H and O–H groups in total. The van der Waals surface area contributed by atoms with Crippen molar-refractivity contribution in [2.24, 2.45) is 0 Å². The number of piperazine rings is 1. The number of ether oxygens (including phenoxy) is 4. The van der Waals surface area contributed by atoms with Crippen molar-refractivity contribution in [3.8, 4) is 16.2 Å². The average molecular weight is 611 g/mol. The van der Waals surface area contributed by atoms with Crippen LogP contribution >= 0.6 is 11.3 Å². The van der Waals surface area contributed by atoms with E-state index in [9.17, 15) is 9.59 Å². The van der Waals surface area contributed by atoms with Gasteiger partial charge < -0.3 is 29.6 Å². The number of esters is 1. The number of nitrogens with two attached hydrogens (primary N) is 1. The molecule has 1 fully saturated rings. The molecule has 0 spiro atoms. The van der Waals surface area contributed by atoms with Gasteiger partial charge in [-0.1, -0.05) is 6.07 Å². The fourth-order valence-electron chi connectivity index (χ4n) is 5.27. The minimum Gasteiger partial charge on any atom is -0.495 e. The summed E-state index contributed by atoms with van der Waals surface area (Å²) < 4.78 is 24.8. The van der Waals surface area contributed by atoms with Gasteiger partial charge in [0.25, 0.3) is 0 Å². The van der Waals surface area contributed by atoms with Crippen LogP contribution in [0.15, 0.2) is 24.5 Å². The Bertz CT molecular complexity index is 1650. The van der Waals surface area contributed by atoms with Gasteiger partial charge in [-0.25, -0.2) is 19.1 Å². The third-order valence-electron chi connectivity index (χ3n) is 7.25. The van der Waals surface area contributed by atoms with E-state index in [1.165, 1.54) is 13.4 Å². The summed E-state index contributed by atoms with van der Waals surface area (Å²) in [5.74, 6) is 0.665. The van der Waals surface area contributed by atoms with Crippen LogP contribution in [-0.2, 0) is 32.2 Å². The second-order valence-corrected chi connectivity index (χ2v) is 12.6. The summed E-state index contributed by atoms with van der Waals surface area (Å²) in [5.41, 5.74) is 10.3. The van der Waals surface area contributed by atoms with Gasteiger partial charge in [0.1, 0.15) is 29.8 Å². The molecule has 4 heterocycles. The quantitative estimate of drug-likeness (QED) is 0.289. The molecule has 12 nitrogen and oxygen atoms in total. The van der Waals surface area contributed by atoms with Gasteiger partial charge >= 0.3 is 12.1 Å². The van der Waals surface area contributed by atoms with Gasteiger partial charge in [-0.05, 0) is 50.8 Å². The zero-order chi connectivity index (χ0) is 30.9. The largest absolute Gasteiger partial charge is 0.495 e. The van der Waals surface area contributed by atoms with E-state index in [1.54, 1.807) is 23.3 Å². The molecule has 1 aromatic carbocycles. The molecule has 1 amide bonds. The van der Waals surface area contributed by atoms with Crippen molar-refractivity contribution in [2.45, 2.75) is 46.4 Å². The first kappa shape index (κ1) is 30.5. The van der Waals surface area contributed by atoms with E-state index in [0.29, 0.717) is 44.1 Å². The minimum absolute atomic E-state index is 0.130. The van der Waals surface area contributed by atoms with Gasteiger partial charge in [0.05, 0.1) is 31.2 Å². The second kappa shape index (κ2) is 12.3. The molecule has 230 valence electrons. The molecule has 1 aliphatic rings. The Morgan fingerprint density at radius 2 is 1.84 bits per heavy atom. The van der Waals surface area contributed by atoms with Gasteiger partial charge in [-0.3, -0.25) is 4.90 Å². The van der Waals surface area contributed by atoms with Crippen LogP contribution in [0.1, 0.15) is 37.6 Å². The molecule has 0 aliphatic carbocycles. The van der Waals surface area contributed by atoms with E-state index >= 15 is 0 Å². The van der Waals surface area contributed by atoms with Gasteiger partial charge in [0, 0.05) is 48.7 Å². The van der Waals surface area contributed by atoms with Gasteiger partial charge in [-0.2, -0.15) is 5.10 Å². The maximum absolute atomic E-state index is 12.6. The van der Waals surface area contributed by atoms with Gasteiger partial charge in [0.15, 0.2) is 5.82 Å². The number of benzene rings is 1. The number of hydrogen-bond acceptors (Lipinski definition) is 11. The average Bonchev–Trinajstić information content (AvgIpc) is 3.51. The van der Waals surface area contributed by atoms with Crippen LogP contribution in [0, 0.1) is 6.92 Å². The molecule has 13 heteroatoms. The Morgan fingerprint density at radius 1 is 1.09 bits per heavy atom. The Kier molecular flexibility index (Phi) is 8.76. The fraction of sp³-hybridized carbons (Fsp3) is 0.467. The molecule has 0 atom stereocenters. The molecule has 0 unspecified atom stereocenters. The summed E-state index contributed by atoms with van der Waals surface area (Å²) in [5, 5.41) is 5.65. The number of thiophene rings is 1. The van der Waals surface area contributed by atoms with Crippen molar-refractivity contribution < 1.29 is 28.5 Å². The number of nitrogen functional groups attached to an aromatic ring is 1. The standard InChI is InChI=1S/C30H38N6O6S/c1-18-11-19-13-23(43-27(19)22(12-18)39-5)25-20(15-41-16-24(37)40-6)21(36-26(25)28(31)32-17-33-36)14-34-7-9-35(10-8-34)29(38)42-30(2,3)4/h11-13,17H,7-10,14-16H2,1-6H3,(H2,31,32,33). The predicted molar refractivity (Wildman–Crippen MR) is 164 cm³/mol. The molecule has 0 saturated carbocycles. The molecule has 0 bridgehead atoms. The smallest absolute Gasteiger partial charge is 0.410 e.